The van der Waals surface area contributed by atoms with E-state index >= 15 is 0 Å². The molecule has 1 N–H and O–H groups in total. The third-order valence-corrected chi connectivity index (χ3v) is 6.63. The Labute approximate surface area is 172 Å². The Morgan fingerprint density at radius 2 is 1.73 bits per heavy atom. The van der Waals surface area contributed by atoms with Gasteiger partial charge in [0.1, 0.15) is 5.82 Å². The predicted octanol–water partition coefficient (Wildman–Crippen LogP) is 4.37. The summed E-state index contributed by atoms with van der Waals surface area (Å²) in [5, 5.41) is 2.41. The molecule has 2 rings (SSSR count). The van der Waals surface area contributed by atoms with Gasteiger partial charge in [0.15, 0.2) is 0 Å². The zero-order valence-electron chi connectivity index (χ0n) is 16.6. The minimum Gasteiger partial charge on any atom is -0.345 e. The molecule has 5 nitrogen and oxygen atoms in total. The number of hydrogen-bond acceptors (Lipinski definition) is 3. The molecular formula is C20H22F4N2O3S. The molecule has 2 aromatic carbocycles. The summed E-state index contributed by atoms with van der Waals surface area (Å²) >= 11 is 0. The van der Waals surface area contributed by atoms with Crippen LogP contribution >= 0.6 is 0 Å². The highest BCUT2D eigenvalue weighted by Gasteiger charge is 2.31. The molecule has 0 aliphatic carbocycles. The number of carbonyl (C=O) groups excluding carboxylic acids is 1. The Bertz CT molecular complexity index is 1020. The number of hydrogen-bond donors (Lipinski definition) is 1. The van der Waals surface area contributed by atoms with Crippen LogP contribution in [0.15, 0.2) is 47.4 Å². The van der Waals surface area contributed by atoms with Crippen LogP contribution in [-0.2, 0) is 16.2 Å². The summed E-state index contributed by atoms with van der Waals surface area (Å²) in [7, 11) is -3.91. The van der Waals surface area contributed by atoms with E-state index in [2.05, 4.69) is 5.32 Å². The first-order valence-electron chi connectivity index (χ1n) is 9.19. The third kappa shape index (κ3) is 5.17. The normalized spacial score (nSPS) is 13.3. The molecule has 164 valence electrons. The van der Waals surface area contributed by atoms with Crippen LogP contribution in [0.2, 0.25) is 0 Å². The molecule has 0 saturated carbocycles. The smallest absolute Gasteiger partial charge is 0.345 e. The SMILES string of the molecule is CCN(CC)S(=O)(=O)c1ccc(F)c(C(=O)NC(C)c2cccc(C(F)(F)F)c2)c1. The minimum atomic E-state index is -4.54. The van der Waals surface area contributed by atoms with Crippen molar-refractivity contribution in [2.45, 2.75) is 37.9 Å². The average Bonchev–Trinajstić information content (AvgIpc) is 2.68. The topological polar surface area (TPSA) is 66.5 Å². The molecule has 0 aliphatic heterocycles. The number of halogens is 4. The van der Waals surface area contributed by atoms with Gasteiger partial charge in [-0.1, -0.05) is 26.0 Å². The summed E-state index contributed by atoms with van der Waals surface area (Å²) in [6, 6.07) is 6.40. The van der Waals surface area contributed by atoms with E-state index in [0.717, 1.165) is 34.6 Å². The number of benzene rings is 2. The van der Waals surface area contributed by atoms with Crippen molar-refractivity contribution in [1.29, 1.82) is 0 Å². The lowest BCUT2D eigenvalue weighted by atomic mass is 10.0. The number of sulfonamides is 1. The minimum absolute atomic E-state index is 0.172. The highest BCUT2D eigenvalue weighted by atomic mass is 32.2. The number of nitrogens with zero attached hydrogens (tertiary/aromatic N) is 1. The van der Waals surface area contributed by atoms with Gasteiger partial charge in [0.25, 0.3) is 5.91 Å². The standard InChI is InChI=1S/C20H22F4N2O3S/c1-4-26(5-2)30(28,29)16-9-10-18(21)17(12-16)19(27)25-13(3)14-7-6-8-15(11-14)20(22,23)24/h6-13H,4-5H2,1-3H3,(H,25,27). The third-order valence-electron chi connectivity index (χ3n) is 4.59. The van der Waals surface area contributed by atoms with E-state index in [-0.39, 0.29) is 23.5 Å². The van der Waals surface area contributed by atoms with Crippen molar-refractivity contribution in [2.24, 2.45) is 0 Å². The maximum atomic E-state index is 14.2. The first-order chi connectivity index (χ1) is 13.9. The molecule has 1 unspecified atom stereocenters. The summed E-state index contributed by atoms with van der Waals surface area (Å²) in [5.74, 6) is -1.88. The summed E-state index contributed by atoms with van der Waals surface area (Å²) < 4.78 is 79.3. The fourth-order valence-corrected chi connectivity index (χ4v) is 4.38. The molecule has 0 spiro atoms. The van der Waals surface area contributed by atoms with Crippen LogP contribution < -0.4 is 5.32 Å². The summed E-state index contributed by atoms with van der Waals surface area (Å²) in [6.45, 7) is 5.14. The monoisotopic (exact) mass is 446 g/mol. The zero-order chi connectivity index (χ0) is 22.7. The molecule has 0 bridgehead atoms. The number of rotatable bonds is 7. The maximum Gasteiger partial charge on any atom is 0.416 e. The summed E-state index contributed by atoms with van der Waals surface area (Å²) in [6.07, 6.45) is -4.54. The Morgan fingerprint density at radius 1 is 1.10 bits per heavy atom. The van der Waals surface area contributed by atoms with Gasteiger partial charge >= 0.3 is 6.18 Å². The number of amides is 1. The van der Waals surface area contributed by atoms with Crippen LogP contribution in [0.4, 0.5) is 17.6 Å². The van der Waals surface area contributed by atoms with Crippen LogP contribution in [0.3, 0.4) is 0 Å². The molecule has 0 heterocycles. The molecule has 2 aromatic rings. The number of alkyl halides is 3. The maximum absolute atomic E-state index is 14.2. The van der Waals surface area contributed by atoms with E-state index in [0.29, 0.717) is 0 Å². The van der Waals surface area contributed by atoms with E-state index in [9.17, 15) is 30.8 Å². The lowest BCUT2D eigenvalue weighted by Gasteiger charge is -2.19. The molecule has 1 atom stereocenters. The van der Waals surface area contributed by atoms with Crippen molar-refractivity contribution in [1.82, 2.24) is 9.62 Å². The molecular weight excluding hydrogens is 424 g/mol. The number of carbonyl (C=O) groups is 1. The lowest BCUT2D eigenvalue weighted by molar-refractivity contribution is -0.137. The quantitative estimate of drug-likeness (QED) is 0.643. The van der Waals surface area contributed by atoms with Gasteiger partial charge < -0.3 is 5.32 Å². The summed E-state index contributed by atoms with van der Waals surface area (Å²) in [4.78, 5) is 12.3. The van der Waals surface area contributed by atoms with Crippen LogP contribution in [-0.4, -0.2) is 31.7 Å². The van der Waals surface area contributed by atoms with E-state index in [1.807, 2.05) is 0 Å². The van der Waals surface area contributed by atoms with Crippen molar-refractivity contribution in [3.8, 4) is 0 Å². The van der Waals surface area contributed by atoms with E-state index in [1.54, 1.807) is 13.8 Å². The van der Waals surface area contributed by atoms with Crippen molar-refractivity contribution >= 4 is 15.9 Å². The van der Waals surface area contributed by atoms with Gasteiger partial charge in [0.05, 0.1) is 22.1 Å². The summed E-state index contributed by atoms with van der Waals surface area (Å²) in [5.41, 5.74) is -1.22. The first kappa shape index (κ1) is 23.8. The molecule has 0 radical (unpaired) electrons. The molecule has 1 amide bonds. The molecule has 0 aromatic heterocycles. The Balaban J connectivity index is 2.31. The van der Waals surface area contributed by atoms with Gasteiger partial charge in [0.2, 0.25) is 10.0 Å². The molecule has 0 fully saturated rings. The molecule has 30 heavy (non-hydrogen) atoms. The van der Waals surface area contributed by atoms with Crippen molar-refractivity contribution in [3.05, 3.63) is 65.0 Å². The zero-order valence-corrected chi connectivity index (χ0v) is 17.4. The number of nitrogens with one attached hydrogen (secondary N) is 1. The molecule has 0 saturated heterocycles. The fraction of sp³-hybridized carbons (Fsp3) is 0.350. The Morgan fingerprint density at radius 3 is 2.30 bits per heavy atom. The predicted molar refractivity (Wildman–Crippen MR) is 104 cm³/mol. The largest absolute Gasteiger partial charge is 0.416 e. The van der Waals surface area contributed by atoms with Crippen LogP contribution in [0, 0.1) is 5.82 Å². The van der Waals surface area contributed by atoms with E-state index < -0.39 is 45.1 Å². The fourth-order valence-electron chi connectivity index (χ4n) is 2.89. The van der Waals surface area contributed by atoms with Gasteiger partial charge in [-0.05, 0) is 42.8 Å². The van der Waals surface area contributed by atoms with E-state index in [4.69, 9.17) is 0 Å². The van der Waals surface area contributed by atoms with Gasteiger partial charge in [-0.15, -0.1) is 0 Å². The lowest BCUT2D eigenvalue weighted by Crippen LogP contribution is -2.31. The van der Waals surface area contributed by atoms with Crippen LogP contribution in [0.5, 0.6) is 0 Å². The van der Waals surface area contributed by atoms with E-state index in [1.165, 1.54) is 19.1 Å². The van der Waals surface area contributed by atoms with Crippen molar-refractivity contribution in [2.75, 3.05) is 13.1 Å². The van der Waals surface area contributed by atoms with Crippen molar-refractivity contribution in [3.63, 3.8) is 0 Å². The second-order valence-electron chi connectivity index (χ2n) is 6.55. The average molecular weight is 446 g/mol. The highest BCUT2D eigenvalue weighted by Crippen LogP contribution is 2.31. The highest BCUT2D eigenvalue weighted by molar-refractivity contribution is 7.89. The second-order valence-corrected chi connectivity index (χ2v) is 8.49. The van der Waals surface area contributed by atoms with Gasteiger partial charge in [0, 0.05) is 13.1 Å². The molecule has 10 heteroatoms. The van der Waals surface area contributed by atoms with Crippen LogP contribution in [0.1, 0.15) is 48.3 Å². The van der Waals surface area contributed by atoms with Gasteiger partial charge in [-0.3, -0.25) is 4.79 Å². The van der Waals surface area contributed by atoms with Crippen LogP contribution in [0.25, 0.3) is 0 Å². The second kappa shape index (κ2) is 9.13. The first-order valence-corrected chi connectivity index (χ1v) is 10.6. The van der Waals surface area contributed by atoms with Crippen molar-refractivity contribution < 1.29 is 30.8 Å². The van der Waals surface area contributed by atoms with Gasteiger partial charge in [-0.2, -0.15) is 17.5 Å². The van der Waals surface area contributed by atoms with Gasteiger partial charge in [-0.25, -0.2) is 12.8 Å². The molecule has 0 aliphatic rings. The Kier molecular flexibility index (Phi) is 7.25. The Hall–Kier alpha value is -2.46.